The minimum absolute atomic E-state index is 0.0789. The van der Waals surface area contributed by atoms with Crippen molar-refractivity contribution in [3.63, 3.8) is 0 Å². The first-order valence-corrected chi connectivity index (χ1v) is 21.9. The maximum absolute atomic E-state index is 12.1. The molecule has 1 N–H and O–H groups in total. The van der Waals surface area contributed by atoms with Gasteiger partial charge in [-0.2, -0.15) is 0 Å². The molecule has 6 aromatic carbocycles. The van der Waals surface area contributed by atoms with Crippen LogP contribution >= 0.6 is 0 Å². The molecule has 0 unspecified atom stereocenters. The summed E-state index contributed by atoms with van der Waals surface area (Å²) < 4.78 is 186. The number of aryl methyl sites for hydroxylation is 2. The number of phenols is 1. The lowest BCUT2D eigenvalue weighted by Crippen LogP contribution is -2.12. The lowest BCUT2D eigenvalue weighted by Gasteiger charge is -2.22. The van der Waals surface area contributed by atoms with Crippen LogP contribution in [-0.4, -0.2) is 19.6 Å². The van der Waals surface area contributed by atoms with Gasteiger partial charge in [0.25, 0.3) is 0 Å². The third kappa shape index (κ3) is 9.12. The summed E-state index contributed by atoms with van der Waals surface area (Å²) in [6, 6.07) is 18.1. The summed E-state index contributed by atoms with van der Waals surface area (Å²) in [4.78, 5) is 9.70. The van der Waals surface area contributed by atoms with Crippen molar-refractivity contribution in [2.24, 2.45) is 0 Å². The number of benzene rings is 6. The normalized spacial score (nSPS) is 18.2. The van der Waals surface area contributed by atoms with E-state index in [0.29, 0.717) is 55.5 Å². The molecule has 4 heteroatoms. The molecule has 2 heterocycles. The molecule has 0 bridgehead atoms. The number of phenolic OH excluding ortho intramolecular Hbond substituents is 1. The van der Waals surface area contributed by atoms with Gasteiger partial charge in [0.15, 0.2) is 0 Å². The van der Waals surface area contributed by atoms with Gasteiger partial charge in [-0.1, -0.05) is 162 Å². The minimum Gasteiger partial charge on any atom is -0.507 e. The number of pyridine rings is 1. The van der Waals surface area contributed by atoms with Crippen LogP contribution in [0.3, 0.4) is 0 Å². The molecule has 0 aliphatic carbocycles. The molecule has 4 nitrogen and oxygen atoms in total. The first kappa shape index (κ1) is 26.8. The molecule has 8 aromatic rings. The molecule has 0 saturated heterocycles. The fourth-order valence-corrected chi connectivity index (χ4v) is 7.98. The maximum Gasteiger partial charge on any atom is 0.149 e. The number of nitrogens with zero attached hydrogens (tertiary/aromatic N) is 3. The molecule has 0 atom stereocenters. The van der Waals surface area contributed by atoms with Crippen molar-refractivity contribution in [2.45, 2.75) is 132 Å². The van der Waals surface area contributed by atoms with E-state index in [1.54, 1.807) is 87.7 Å². The van der Waals surface area contributed by atoms with Crippen molar-refractivity contribution in [1.82, 2.24) is 14.5 Å². The van der Waals surface area contributed by atoms with Crippen LogP contribution in [0.5, 0.6) is 5.75 Å². The van der Waals surface area contributed by atoms with Gasteiger partial charge in [-0.3, -0.25) is 9.55 Å². The molecule has 0 radical (unpaired) electrons. The third-order valence-corrected chi connectivity index (χ3v) is 12.0. The van der Waals surface area contributed by atoms with E-state index in [-0.39, 0.29) is 39.6 Å². The van der Waals surface area contributed by atoms with Crippen molar-refractivity contribution >= 4 is 11.0 Å². The third-order valence-electron chi connectivity index (χ3n) is 12.0. The predicted molar refractivity (Wildman–Crippen MR) is 281 cm³/mol. The molecule has 0 amide bonds. The van der Waals surface area contributed by atoms with E-state index in [4.69, 9.17) is 29.7 Å². The van der Waals surface area contributed by atoms with Crippen LogP contribution in [0, 0.1) is 13.8 Å². The van der Waals surface area contributed by atoms with Crippen LogP contribution in [0.4, 0.5) is 0 Å². The molecule has 0 saturated carbocycles. The summed E-state index contributed by atoms with van der Waals surface area (Å²) in [5.41, 5.74) is -1.64. The van der Waals surface area contributed by atoms with Gasteiger partial charge in [-0.25, -0.2) is 4.98 Å². The number of para-hydroxylation sites is 1. The summed E-state index contributed by atoms with van der Waals surface area (Å²) in [7, 11) is 0. The Kier molecular flexibility index (Phi) is 6.97. The average molecular weight is 893 g/mol. The minimum atomic E-state index is -3.96. The zero-order valence-corrected chi connectivity index (χ0v) is 39.4. The van der Waals surface area contributed by atoms with Gasteiger partial charge in [-0.15, -0.1) is 0 Å². The number of aromatic nitrogens is 3. The first-order chi connectivity index (χ1) is 39.5. The van der Waals surface area contributed by atoms with Gasteiger partial charge in [0.1, 0.15) is 11.6 Å². The van der Waals surface area contributed by atoms with Gasteiger partial charge in [0, 0.05) is 36.5 Å². The lowest BCUT2D eigenvalue weighted by molar-refractivity contribution is 0.471. The van der Waals surface area contributed by atoms with E-state index in [2.05, 4.69) is 4.98 Å². The first-order valence-electron chi connectivity index (χ1n) is 32.4. The number of hydrogen-bond donors (Lipinski definition) is 1. The molecule has 66 heavy (non-hydrogen) atoms. The Morgan fingerprint density at radius 2 is 1.27 bits per heavy atom. The highest BCUT2D eigenvalue weighted by Crippen LogP contribution is 2.43. The predicted octanol–water partition coefficient (Wildman–Crippen LogP) is 17.2. The maximum atomic E-state index is 12.1. The van der Waals surface area contributed by atoms with Crippen LogP contribution in [-0.2, 0) is 16.2 Å². The van der Waals surface area contributed by atoms with Gasteiger partial charge in [0.2, 0.25) is 0 Å². The molecular formula is C62H69N3O. The Morgan fingerprint density at radius 1 is 0.606 bits per heavy atom. The fourth-order valence-electron chi connectivity index (χ4n) is 7.98. The topological polar surface area (TPSA) is 50.9 Å². The Hall–Kier alpha value is -6.26. The SMILES string of the molecule is [2H]c1nc(-c2cc(-c3cccc4c3nc(-c3cc(C(C)(C)C)cc(C)c3O)n4-c3ccc(-c4cc(C([2H])(C)C)cc(C([2H])(C)C)c4)cc3C([2H])([2H])[2H])cc(C(C)(C)C)c2)c([2H])c(-c2c([2H])c([2H])c(C(C([2H])([2H])[2H])(C([2H])([2H])[2H])C([2H])([2H])[2H])c([2H])c2[2H])c1[2H]. The van der Waals surface area contributed by atoms with Crippen LogP contribution < -0.4 is 0 Å². The number of fused-ring (bicyclic) bond motifs is 1. The van der Waals surface area contributed by atoms with Crippen molar-refractivity contribution < 1.29 is 33.9 Å². The van der Waals surface area contributed by atoms with Gasteiger partial charge in [0.05, 0.1) is 37.6 Å². The van der Waals surface area contributed by atoms with Crippen molar-refractivity contribution in [2.75, 3.05) is 0 Å². The standard InChI is InChI=1S/C62H69N3O/c1-37(2)44-29-45(38(3)4)31-46(30-44)42-21-24-55(39(5)27-42)65-56-18-16-17-52(57(56)64-59(65)53-36-50(61(10,11)12)28-40(6)58(53)66)47-32-48(34-51(33-47)62(13,14)15)54-35-43(25-26-63-54)41-19-22-49(23-20-41)60(7,8)9/h16-38,66H,1-15H3/i5D3,7D3,8D3,9D3,19D,20D,22D,23D,25D,26D,35D,37D,38D. The second-order valence-corrected chi connectivity index (χ2v) is 19.7. The van der Waals surface area contributed by atoms with Crippen molar-refractivity contribution in [3.05, 3.63) is 166 Å². The molecule has 0 fully saturated rings. The van der Waals surface area contributed by atoms with E-state index < -0.39 is 115 Å². The number of rotatable bonds is 8. The van der Waals surface area contributed by atoms with Gasteiger partial charge in [-0.05, 0) is 157 Å². The summed E-state index contributed by atoms with van der Waals surface area (Å²) in [6.07, 6.45) is -0.788. The lowest BCUT2D eigenvalue weighted by atomic mass is 9.83. The largest absolute Gasteiger partial charge is 0.507 e. The quantitative estimate of drug-likeness (QED) is 0.165. The highest BCUT2D eigenvalue weighted by Gasteiger charge is 2.26. The second kappa shape index (κ2) is 17.2. The summed E-state index contributed by atoms with van der Waals surface area (Å²) in [6.45, 7) is 5.90. The zero-order valence-electron chi connectivity index (χ0n) is 60.4. The van der Waals surface area contributed by atoms with Crippen LogP contribution in [0.1, 0.15) is 169 Å². The van der Waals surface area contributed by atoms with Crippen LogP contribution in [0.25, 0.3) is 72.7 Å². The van der Waals surface area contributed by atoms with Crippen molar-refractivity contribution in [3.8, 4) is 67.5 Å². The zero-order chi connectivity index (χ0) is 65.6. The fraction of sp³-hybridized carbons (Fsp3) is 0.323. The summed E-state index contributed by atoms with van der Waals surface area (Å²) >= 11 is 0. The molecule has 8 rings (SSSR count). The van der Waals surface area contributed by atoms with E-state index in [1.807, 2.05) is 77.9 Å². The molecule has 338 valence electrons. The van der Waals surface area contributed by atoms with Crippen LogP contribution in [0.2, 0.25) is 0 Å². The van der Waals surface area contributed by atoms with E-state index >= 15 is 0 Å². The van der Waals surface area contributed by atoms with E-state index in [9.17, 15) is 9.22 Å². The second-order valence-electron chi connectivity index (χ2n) is 19.7. The van der Waals surface area contributed by atoms with Gasteiger partial charge < -0.3 is 5.11 Å². The average Bonchev–Trinajstić information content (AvgIpc) is 1.07. The molecule has 0 aliphatic rings. The number of imidazole rings is 1. The Morgan fingerprint density at radius 3 is 1.91 bits per heavy atom. The molecule has 2 aromatic heterocycles. The Labute approximate surface area is 424 Å². The molecule has 0 aliphatic heterocycles. The number of hydrogen-bond acceptors (Lipinski definition) is 3. The van der Waals surface area contributed by atoms with E-state index in [1.165, 1.54) is 0 Å². The highest BCUT2D eigenvalue weighted by atomic mass is 16.3. The highest BCUT2D eigenvalue weighted by molar-refractivity contribution is 5.97. The Balaban J connectivity index is 1.45. The van der Waals surface area contributed by atoms with E-state index in [0.717, 1.165) is 5.56 Å². The molecular weight excluding hydrogens is 803 g/mol. The summed E-state index contributed by atoms with van der Waals surface area (Å²) in [5, 5.41) is 12.1. The summed E-state index contributed by atoms with van der Waals surface area (Å²) in [5.74, 6) is -2.07. The number of aromatic hydroxyl groups is 1. The smallest absolute Gasteiger partial charge is 0.149 e. The monoisotopic (exact) mass is 893 g/mol. The van der Waals surface area contributed by atoms with Crippen LogP contribution in [0.15, 0.2) is 127 Å². The molecule has 0 spiro atoms. The Bertz CT molecular complexity index is 3990. The van der Waals surface area contributed by atoms with Crippen molar-refractivity contribution in [1.29, 1.82) is 0 Å². The van der Waals surface area contributed by atoms with Gasteiger partial charge >= 0.3 is 0 Å².